The van der Waals surface area contributed by atoms with Crippen molar-refractivity contribution in [2.45, 2.75) is 12.4 Å². The highest BCUT2D eigenvalue weighted by molar-refractivity contribution is 7.99. The Hall–Kier alpha value is -3.00. The highest BCUT2D eigenvalue weighted by Crippen LogP contribution is 2.38. The summed E-state index contributed by atoms with van der Waals surface area (Å²) in [7, 11) is 0. The summed E-state index contributed by atoms with van der Waals surface area (Å²) < 4.78 is 11.4. The van der Waals surface area contributed by atoms with E-state index in [0.29, 0.717) is 0 Å². The molecule has 1 heterocycles. The van der Waals surface area contributed by atoms with Crippen LogP contribution in [0.4, 0.5) is 0 Å². The van der Waals surface area contributed by atoms with Gasteiger partial charge in [-0.25, -0.2) is 0 Å². The number of phenols is 4. The van der Waals surface area contributed by atoms with Crippen molar-refractivity contribution in [3.63, 3.8) is 0 Å². The minimum atomic E-state index is -0.618. The van der Waals surface area contributed by atoms with Crippen molar-refractivity contribution in [1.82, 2.24) is 0 Å². The van der Waals surface area contributed by atoms with Crippen LogP contribution in [0.15, 0.2) is 39.5 Å². The first-order valence-corrected chi connectivity index (χ1v) is 8.85. The smallest absolute Gasteiger partial charge is 0.239 e. The molecule has 7 nitrogen and oxygen atoms in total. The van der Waals surface area contributed by atoms with Crippen molar-refractivity contribution in [3.8, 4) is 40.1 Å². The van der Waals surface area contributed by atoms with Crippen LogP contribution in [0.1, 0.15) is 6.92 Å². The van der Waals surface area contributed by atoms with Crippen molar-refractivity contribution in [3.05, 3.63) is 40.6 Å². The molecule has 3 rings (SSSR count). The molecule has 8 heteroatoms. The van der Waals surface area contributed by atoms with Crippen molar-refractivity contribution in [2.24, 2.45) is 0 Å². The molecule has 1 aromatic heterocycles. The van der Waals surface area contributed by atoms with Crippen LogP contribution in [-0.4, -0.2) is 32.1 Å². The van der Waals surface area contributed by atoms with Gasteiger partial charge in [-0.15, -0.1) is 11.8 Å². The summed E-state index contributed by atoms with van der Waals surface area (Å²) in [5.74, 6) is -1.58. The van der Waals surface area contributed by atoms with Gasteiger partial charge in [0.1, 0.15) is 27.9 Å². The second kappa shape index (κ2) is 6.72. The van der Waals surface area contributed by atoms with Crippen LogP contribution in [0, 0.1) is 0 Å². The molecule has 0 aliphatic rings. The van der Waals surface area contributed by atoms with Crippen LogP contribution in [0.2, 0.25) is 0 Å². The number of phenolic OH excluding ortho intramolecular Hbond substituents is 4. The molecular weight excluding hydrogens is 360 g/mol. The van der Waals surface area contributed by atoms with E-state index in [2.05, 4.69) is 0 Å². The fourth-order valence-electron chi connectivity index (χ4n) is 2.44. The fourth-order valence-corrected chi connectivity index (χ4v) is 2.64. The quantitative estimate of drug-likeness (QED) is 0.404. The van der Waals surface area contributed by atoms with E-state index in [4.69, 9.17) is 9.15 Å². The van der Waals surface area contributed by atoms with E-state index in [0.717, 1.165) is 6.07 Å². The maximum Gasteiger partial charge on any atom is 0.239 e. The Bertz CT molecular complexity index is 1040. The third kappa shape index (κ3) is 3.11. The van der Waals surface area contributed by atoms with E-state index in [-0.39, 0.29) is 45.0 Å². The lowest BCUT2D eigenvalue weighted by molar-refractivity contribution is 0.299. The highest BCUT2D eigenvalue weighted by atomic mass is 32.2. The summed E-state index contributed by atoms with van der Waals surface area (Å²) >= 11 is 1.36. The maximum atomic E-state index is 12.9. The molecular formula is C18H16O7S. The lowest BCUT2D eigenvalue weighted by Crippen LogP contribution is -2.15. The number of aromatic hydroxyl groups is 4. The van der Waals surface area contributed by atoms with Crippen LogP contribution in [0.3, 0.4) is 0 Å². The summed E-state index contributed by atoms with van der Waals surface area (Å²) in [6.07, 6.45) is 1.80. The van der Waals surface area contributed by atoms with Gasteiger partial charge in [-0.1, -0.05) is 0 Å². The number of hydrogen-bond acceptors (Lipinski definition) is 8. The van der Waals surface area contributed by atoms with Gasteiger partial charge in [0.15, 0.2) is 17.3 Å². The van der Waals surface area contributed by atoms with Gasteiger partial charge in [-0.3, -0.25) is 4.79 Å². The number of rotatable bonds is 4. The number of ether oxygens (including phenoxy) is 1. The molecule has 26 heavy (non-hydrogen) atoms. The average molecular weight is 376 g/mol. The molecule has 0 bridgehead atoms. The first-order valence-electron chi connectivity index (χ1n) is 7.56. The molecule has 0 saturated heterocycles. The van der Waals surface area contributed by atoms with E-state index in [1.165, 1.54) is 36.0 Å². The molecule has 0 amide bonds. The zero-order chi connectivity index (χ0) is 19.0. The van der Waals surface area contributed by atoms with Crippen LogP contribution >= 0.6 is 11.8 Å². The molecule has 1 unspecified atom stereocenters. The van der Waals surface area contributed by atoms with Gasteiger partial charge in [0.25, 0.3) is 0 Å². The minimum absolute atomic E-state index is 0.00343. The van der Waals surface area contributed by atoms with Crippen LogP contribution in [-0.2, 0) is 0 Å². The van der Waals surface area contributed by atoms with E-state index in [9.17, 15) is 25.2 Å². The molecule has 136 valence electrons. The number of thioether (sulfide) groups is 1. The molecule has 2 aromatic carbocycles. The van der Waals surface area contributed by atoms with Crippen LogP contribution < -0.4 is 10.2 Å². The molecule has 1 atom stereocenters. The maximum absolute atomic E-state index is 12.9. The molecule has 0 aliphatic carbocycles. The second-order valence-corrected chi connectivity index (χ2v) is 6.69. The van der Waals surface area contributed by atoms with Gasteiger partial charge in [0.2, 0.25) is 11.2 Å². The Morgan fingerprint density at radius 3 is 2.42 bits per heavy atom. The van der Waals surface area contributed by atoms with Crippen LogP contribution in [0.25, 0.3) is 22.3 Å². The van der Waals surface area contributed by atoms with Crippen LogP contribution in [0.5, 0.6) is 28.7 Å². The van der Waals surface area contributed by atoms with E-state index >= 15 is 0 Å². The van der Waals surface area contributed by atoms with Crippen molar-refractivity contribution in [1.29, 1.82) is 0 Å². The third-order valence-corrected chi connectivity index (χ3v) is 4.53. The predicted octanol–water partition coefficient (Wildman–Crippen LogP) is 3.37. The Labute approximate surface area is 152 Å². The Morgan fingerprint density at radius 1 is 1.04 bits per heavy atom. The van der Waals surface area contributed by atoms with Crippen molar-refractivity contribution >= 4 is 22.7 Å². The van der Waals surface area contributed by atoms with Crippen molar-refractivity contribution in [2.75, 3.05) is 6.26 Å². The normalized spacial score (nSPS) is 12.2. The predicted molar refractivity (Wildman–Crippen MR) is 98.2 cm³/mol. The van der Waals surface area contributed by atoms with Gasteiger partial charge in [0, 0.05) is 17.7 Å². The SMILES string of the molecule is CSC(C)Oc1c(-c2ccc(O)c(O)c2)oc2cc(O)cc(O)c2c1=O. The number of hydrogen-bond donors (Lipinski definition) is 4. The number of fused-ring (bicyclic) bond motifs is 1. The first kappa shape index (κ1) is 17.8. The summed E-state index contributed by atoms with van der Waals surface area (Å²) in [5, 5.41) is 38.8. The van der Waals surface area contributed by atoms with Gasteiger partial charge < -0.3 is 29.6 Å². The average Bonchev–Trinajstić information content (AvgIpc) is 2.58. The summed E-state index contributed by atoms with van der Waals surface area (Å²) in [5.41, 5.74) is -0.768. The van der Waals surface area contributed by atoms with E-state index in [1.807, 2.05) is 0 Å². The van der Waals surface area contributed by atoms with Gasteiger partial charge in [-0.2, -0.15) is 0 Å². The molecule has 0 spiro atoms. The molecule has 0 saturated carbocycles. The molecule has 0 fully saturated rings. The lowest BCUT2D eigenvalue weighted by atomic mass is 10.1. The largest absolute Gasteiger partial charge is 0.508 e. The van der Waals surface area contributed by atoms with Gasteiger partial charge in [0.05, 0.1) is 0 Å². The zero-order valence-electron chi connectivity index (χ0n) is 13.9. The molecule has 0 aliphatic heterocycles. The van der Waals surface area contributed by atoms with Crippen molar-refractivity contribution < 1.29 is 29.6 Å². The topological polar surface area (TPSA) is 120 Å². The minimum Gasteiger partial charge on any atom is -0.508 e. The first-order chi connectivity index (χ1) is 12.3. The second-order valence-electron chi connectivity index (χ2n) is 5.55. The molecule has 3 aromatic rings. The Morgan fingerprint density at radius 2 is 1.77 bits per heavy atom. The summed E-state index contributed by atoms with van der Waals surface area (Å²) in [6.45, 7) is 1.74. The number of benzene rings is 2. The van der Waals surface area contributed by atoms with E-state index < -0.39 is 16.9 Å². The third-order valence-electron chi connectivity index (χ3n) is 3.77. The Balaban J connectivity index is 2.36. The highest BCUT2D eigenvalue weighted by Gasteiger charge is 2.22. The van der Waals surface area contributed by atoms with Gasteiger partial charge >= 0.3 is 0 Å². The summed E-state index contributed by atoms with van der Waals surface area (Å²) in [4.78, 5) is 12.9. The standard InChI is InChI=1S/C18H16O7S/c1-8(26-2)24-18-16(23)15-13(22)6-10(19)7-14(15)25-17(18)9-3-4-11(20)12(21)5-9/h3-8,19-22H,1-2H3. The fraction of sp³-hybridized carbons (Fsp3) is 0.167. The van der Waals surface area contributed by atoms with E-state index in [1.54, 1.807) is 13.2 Å². The molecule has 0 radical (unpaired) electrons. The summed E-state index contributed by atoms with van der Waals surface area (Å²) in [6, 6.07) is 6.14. The van der Waals surface area contributed by atoms with Gasteiger partial charge in [-0.05, 0) is 31.4 Å². The monoisotopic (exact) mass is 376 g/mol. The molecule has 4 N–H and O–H groups in total. The zero-order valence-corrected chi connectivity index (χ0v) is 14.7. The Kier molecular flexibility index (Phi) is 4.60. The lowest BCUT2D eigenvalue weighted by Gasteiger charge is -2.16.